The number of rotatable bonds is 9. The van der Waals surface area contributed by atoms with E-state index in [-0.39, 0.29) is 0 Å². The molecule has 0 aliphatic carbocycles. The van der Waals surface area contributed by atoms with Gasteiger partial charge in [0.2, 0.25) is 0 Å². The van der Waals surface area contributed by atoms with Crippen LogP contribution < -0.4 is 10.1 Å². The minimum Gasteiger partial charge on any atom is -0.497 e. The minimum absolute atomic E-state index is 0.308. The molecule has 108 valence electrons. The molecule has 0 aliphatic rings. The van der Waals surface area contributed by atoms with Gasteiger partial charge in [-0.2, -0.15) is 0 Å². The number of ether oxygens (including phenoxy) is 2. The van der Waals surface area contributed by atoms with Crippen LogP contribution in [0.3, 0.4) is 0 Å². The van der Waals surface area contributed by atoms with Crippen molar-refractivity contribution in [2.75, 3.05) is 48.0 Å². The van der Waals surface area contributed by atoms with Crippen LogP contribution in [0.5, 0.6) is 5.75 Å². The van der Waals surface area contributed by atoms with Crippen LogP contribution in [0.15, 0.2) is 24.3 Å². The Morgan fingerprint density at radius 1 is 1.32 bits per heavy atom. The van der Waals surface area contributed by atoms with Gasteiger partial charge in [0.15, 0.2) is 0 Å². The van der Waals surface area contributed by atoms with E-state index in [1.807, 2.05) is 19.2 Å². The molecule has 0 saturated carbocycles. The Balaban J connectivity index is 2.56. The van der Waals surface area contributed by atoms with Crippen LogP contribution in [0, 0.1) is 0 Å². The lowest BCUT2D eigenvalue weighted by atomic mass is 10.1. The second-order valence-electron chi connectivity index (χ2n) is 4.73. The predicted octanol–water partition coefficient (Wildman–Crippen LogP) is 1.92. The Morgan fingerprint density at radius 3 is 2.74 bits per heavy atom. The van der Waals surface area contributed by atoms with Gasteiger partial charge >= 0.3 is 0 Å². The molecule has 0 bridgehead atoms. The van der Waals surface area contributed by atoms with Crippen LogP contribution in [0.25, 0.3) is 0 Å². The predicted molar refractivity (Wildman–Crippen MR) is 78.8 cm³/mol. The number of methoxy groups -OCH3 is 2. The van der Waals surface area contributed by atoms with Gasteiger partial charge < -0.3 is 19.7 Å². The standard InChI is InChI=1S/C15H26N2O2/c1-16-15(12-17(2)9-6-10-18-3)13-7-5-8-14(11-13)19-4/h5,7-8,11,15-16H,6,9-10,12H2,1-4H3. The van der Waals surface area contributed by atoms with E-state index in [0.29, 0.717) is 6.04 Å². The third-order valence-corrected chi connectivity index (χ3v) is 3.23. The van der Waals surface area contributed by atoms with E-state index in [9.17, 15) is 0 Å². The van der Waals surface area contributed by atoms with E-state index in [1.54, 1.807) is 14.2 Å². The Hall–Kier alpha value is -1.10. The SMILES string of the molecule is CNC(CN(C)CCCOC)c1cccc(OC)c1. The highest BCUT2D eigenvalue weighted by Gasteiger charge is 2.12. The normalized spacial score (nSPS) is 12.7. The summed E-state index contributed by atoms with van der Waals surface area (Å²) in [6.07, 6.45) is 1.06. The first kappa shape index (κ1) is 16.0. The first-order chi connectivity index (χ1) is 9.21. The summed E-state index contributed by atoms with van der Waals surface area (Å²) < 4.78 is 10.4. The number of hydrogen-bond acceptors (Lipinski definition) is 4. The fourth-order valence-electron chi connectivity index (χ4n) is 2.10. The molecule has 4 nitrogen and oxygen atoms in total. The van der Waals surface area contributed by atoms with Gasteiger partial charge in [0, 0.05) is 32.8 Å². The van der Waals surface area contributed by atoms with E-state index in [4.69, 9.17) is 9.47 Å². The summed E-state index contributed by atoms with van der Waals surface area (Å²) in [6, 6.07) is 8.53. The van der Waals surface area contributed by atoms with Crippen LogP contribution in [0.4, 0.5) is 0 Å². The van der Waals surface area contributed by atoms with Crippen molar-refractivity contribution in [1.29, 1.82) is 0 Å². The van der Waals surface area contributed by atoms with Crippen molar-refractivity contribution >= 4 is 0 Å². The molecule has 4 heteroatoms. The molecule has 0 aliphatic heterocycles. The van der Waals surface area contributed by atoms with Crippen molar-refractivity contribution in [3.63, 3.8) is 0 Å². The number of hydrogen-bond donors (Lipinski definition) is 1. The van der Waals surface area contributed by atoms with Gasteiger partial charge in [0.1, 0.15) is 5.75 Å². The number of nitrogens with one attached hydrogen (secondary N) is 1. The minimum atomic E-state index is 0.308. The summed E-state index contributed by atoms with van der Waals surface area (Å²) in [6.45, 7) is 2.82. The van der Waals surface area contributed by atoms with E-state index >= 15 is 0 Å². The Morgan fingerprint density at radius 2 is 2.11 bits per heavy atom. The van der Waals surface area contributed by atoms with Crippen molar-refractivity contribution in [2.24, 2.45) is 0 Å². The van der Waals surface area contributed by atoms with E-state index in [2.05, 4.69) is 29.4 Å². The van der Waals surface area contributed by atoms with Crippen molar-refractivity contribution < 1.29 is 9.47 Å². The summed E-state index contributed by atoms with van der Waals surface area (Å²) in [5.41, 5.74) is 1.25. The van der Waals surface area contributed by atoms with Gasteiger partial charge in [0.25, 0.3) is 0 Å². The van der Waals surface area contributed by atoms with Crippen molar-refractivity contribution in [3.8, 4) is 5.75 Å². The molecule has 0 spiro atoms. The second kappa shape index (κ2) is 8.91. The molecule has 1 aromatic rings. The summed E-state index contributed by atoms with van der Waals surface area (Å²) in [7, 11) is 7.57. The molecule has 0 amide bonds. The Bertz CT molecular complexity index is 358. The second-order valence-corrected chi connectivity index (χ2v) is 4.73. The summed E-state index contributed by atoms with van der Waals surface area (Å²) in [4.78, 5) is 2.32. The van der Waals surface area contributed by atoms with Crippen molar-refractivity contribution in [3.05, 3.63) is 29.8 Å². The van der Waals surface area contributed by atoms with Gasteiger partial charge in [-0.15, -0.1) is 0 Å². The Kier molecular flexibility index (Phi) is 7.48. The lowest BCUT2D eigenvalue weighted by Gasteiger charge is -2.24. The zero-order valence-corrected chi connectivity index (χ0v) is 12.5. The molecule has 19 heavy (non-hydrogen) atoms. The number of nitrogens with zero attached hydrogens (tertiary/aromatic N) is 1. The molecule has 0 fully saturated rings. The van der Waals surface area contributed by atoms with Gasteiger partial charge in [-0.3, -0.25) is 0 Å². The highest BCUT2D eigenvalue weighted by Crippen LogP contribution is 2.19. The molecular weight excluding hydrogens is 240 g/mol. The highest BCUT2D eigenvalue weighted by molar-refractivity contribution is 5.30. The maximum Gasteiger partial charge on any atom is 0.119 e. The summed E-state index contributed by atoms with van der Waals surface area (Å²) in [5, 5.41) is 3.36. The molecule has 1 rings (SSSR count). The topological polar surface area (TPSA) is 33.7 Å². The van der Waals surface area contributed by atoms with Crippen molar-refractivity contribution in [1.82, 2.24) is 10.2 Å². The smallest absolute Gasteiger partial charge is 0.119 e. The largest absolute Gasteiger partial charge is 0.497 e. The molecule has 1 aromatic carbocycles. The zero-order valence-electron chi connectivity index (χ0n) is 12.5. The Labute approximate surface area is 116 Å². The third kappa shape index (κ3) is 5.59. The van der Waals surface area contributed by atoms with Gasteiger partial charge in [-0.05, 0) is 38.2 Å². The van der Waals surface area contributed by atoms with E-state index in [0.717, 1.165) is 31.9 Å². The maximum absolute atomic E-state index is 5.28. The van der Waals surface area contributed by atoms with Gasteiger partial charge in [-0.25, -0.2) is 0 Å². The van der Waals surface area contributed by atoms with Crippen LogP contribution in [0.1, 0.15) is 18.0 Å². The fourth-order valence-corrected chi connectivity index (χ4v) is 2.10. The van der Waals surface area contributed by atoms with E-state index in [1.165, 1.54) is 5.56 Å². The molecule has 0 saturated heterocycles. The number of likely N-dealkylation sites (N-methyl/N-ethyl adjacent to an activating group) is 2. The first-order valence-corrected chi connectivity index (χ1v) is 6.70. The lowest BCUT2D eigenvalue weighted by Crippen LogP contribution is -2.32. The summed E-state index contributed by atoms with van der Waals surface area (Å²) in [5.74, 6) is 0.903. The molecular formula is C15H26N2O2. The molecule has 1 atom stereocenters. The first-order valence-electron chi connectivity index (χ1n) is 6.70. The third-order valence-electron chi connectivity index (χ3n) is 3.23. The molecule has 0 radical (unpaired) electrons. The van der Waals surface area contributed by atoms with Crippen molar-refractivity contribution in [2.45, 2.75) is 12.5 Å². The zero-order chi connectivity index (χ0) is 14.1. The van der Waals surface area contributed by atoms with Crippen LogP contribution in [-0.4, -0.2) is 52.9 Å². The lowest BCUT2D eigenvalue weighted by molar-refractivity contribution is 0.176. The van der Waals surface area contributed by atoms with Crippen LogP contribution >= 0.6 is 0 Å². The van der Waals surface area contributed by atoms with Gasteiger partial charge in [-0.1, -0.05) is 12.1 Å². The van der Waals surface area contributed by atoms with Gasteiger partial charge in [0.05, 0.1) is 7.11 Å². The molecule has 1 N–H and O–H groups in total. The highest BCUT2D eigenvalue weighted by atomic mass is 16.5. The van der Waals surface area contributed by atoms with E-state index < -0.39 is 0 Å². The van der Waals surface area contributed by atoms with Crippen LogP contribution in [-0.2, 0) is 4.74 Å². The summed E-state index contributed by atoms with van der Waals surface area (Å²) >= 11 is 0. The quantitative estimate of drug-likeness (QED) is 0.692. The average Bonchev–Trinajstić information content (AvgIpc) is 2.45. The fraction of sp³-hybridized carbons (Fsp3) is 0.600. The molecule has 1 unspecified atom stereocenters. The average molecular weight is 266 g/mol. The maximum atomic E-state index is 5.28. The monoisotopic (exact) mass is 266 g/mol. The number of benzene rings is 1. The van der Waals surface area contributed by atoms with Crippen LogP contribution in [0.2, 0.25) is 0 Å². The molecule has 0 aromatic heterocycles. The molecule has 0 heterocycles.